The zero-order valence-corrected chi connectivity index (χ0v) is 15.9. The van der Waals surface area contributed by atoms with Gasteiger partial charge in [0.05, 0.1) is 0 Å². The molecule has 0 aliphatic carbocycles. The molecular weight excluding hydrogens is 450 g/mol. The molecule has 4 heteroatoms. The number of hydrogen-bond donors (Lipinski definition) is 2. The zero-order chi connectivity index (χ0) is 12.9. The largest absolute Gasteiger partial charge is 2.00 e. The Morgan fingerprint density at radius 1 is 1.17 bits per heavy atom. The van der Waals surface area contributed by atoms with Crippen LogP contribution in [0.15, 0.2) is 0 Å². The molecule has 0 atom stereocenters. The van der Waals surface area contributed by atoms with Gasteiger partial charge in [0.25, 0.3) is 0 Å². The summed E-state index contributed by atoms with van der Waals surface area (Å²) in [6, 6.07) is 0. The molecule has 2 N–H and O–H groups in total. The minimum atomic E-state index is 0. The van der Waals surface area contributed by atoms with E-state index in [0.717, 1.165) is 38.1 Å². The second-order valence-corrected chi connectivity index (χ2v) is 4.38. The van der Waals surface area contributed by atoms with Crippen LogP contribution in [0.3, 0.4) is 0 Å². The molecule has 0 aromatic heterocycles. The van der Waals surface area contributed by atoms with Gasteiger partial charge in [0.15, 0.2) is 0 Å². The molecule has 0 radical (unpaired) electrons. The number of nitrogens with one attached hydrogen (secondary N) is 2. The van der Waals surface area contributed by atoms with Crippen LogP contribution in [0.2, 0.25) is 0 Å². The van der Waals surface area contributed by atoms with Crippen molar-refractivity contribution in [2.45, 2.75) is 51.9 Å². The molecule has 0 aliphatic rings. The van der Waals surface area contributed by atoms with E-state index >= 15 is 0 Å². The molecule has 0 aliphatic heterocycles. The number of amides is 1. The summed E-state index contributed by atoms with van der Waals surface area (Å²) < 4.78 is 0. The topological polar surface area (TPSA) is 43.1 Å². The first-order valence-electron chi connectivity index (χ1n) is 6.62. The third-order valence-corrected chi connectivity index (χ3v) is 2.58. The average molecular weight is 477 g/mol. The van der Waals surface area contributed by atoms with Crippen LogP contribution in [0.5, 0.6) is 0 Å². The Hall–Kier alpha value is 0.0619. The van der Waals surface area contributed by atoms with Crippen molar-refractivity contribution in [2.75, 3.05) is 13.1 Å². The second kappa shape index (κ2) is 15.1. The average Bonchev–Trinajstić information content (AvgIpc) is 2.27. The van der Waals surface area contributed by atoms with Crippen LogP contribution in [-0.2, 0) is 4.79 Å². The standard InChI is InChI=1S/C14H26N2O.U/c1-4-10-13(2)15-11-8-6-5-7-9-12-16-14(3)17;/h1-2,4-12H2,3H3,(H,16,17);/q-2;+2/p+1. The Morgan fingerprint density at radius 2 is 1.78 bits per heavy atom. The molecule has 18 heavy (non-hydrogen) atoms. The Labute approximate surface area is 136 Å². The number of carbonyl (C=O) groups is 1. The van der Waals surface area contributed by atoms with Gasteiger partial charge in [-0.15, -0.1) is 0 Å². The van der Waals surface area contributed by atoms with Crippen LogP contribution in [0.25, 0.3) is 0 Å². The molecule has 0 spiro atoms. The number of rotatable bonds is 10. The predicted molar refractivity (Wildman–Crippen MR) is 72.6 cm³/mol. The summed E-state index contributed by atoms with van der Waals surface area (Å²) in [4.78, 5) is 13.9. The molecular formula is C14H27N2OU+. The summed E-state index contributed by atoms with van der Waals surface area (Å²) in [7, 11) is 0. The SMILES string of the molecule is [CH2-]CCC([CH2-])=[NH+]CCCCCCCNC(C)=O.[U+2]. The van der Waals surface area contributed by atoms with Gasteiger partial charge in [-0.05, 0) is 19.3 Å². The van der Waals surface area contributed by atoms with Crippen LogP contribution < -0.4 is 10.3 Å². The number of hydrogen-bond acceptors (Lipinski definition) is 1. The van der Waals surface area contributed by atoms with Crippen molar-refractivity contribution >= 4 is 11.6 Å². The normalized spacial score (nSPS) is 10.9. The van der Waals surface area contributed by atoms with Gasteiger partial charge in [0, 0.05) is 25.6 Å². The molecule has 0 aromatic carbocycles. The fourth-order valence-electron chi connectivity index (χ4n) is 1.61. The molecule has 0 rings (SSSR count). The third kappa shape index (κ3) is 16.1. The molecule has 0 fully saturated rings. The van der Waals surface area contributed by atoms with E-state index in [1.54, 1.807) is 6.92 Å². The maximum atomic E-state index is 10.6. The summed E-state index contributed by atoms with van der Waals surface area (Å²) in [6.45, 7) is 11.1. The van der Waals surface area contributed by atoms with Crippen molar-refractivity contribution in [3.63, 3.8) is 0 Å². The summed E-state index contributed by atoms with van der Waals surface area (Å²) in [5.41, 5.74) is 1.10. The van der Waals surface area contributed by atoms with Crippen LogP contribution in [0.4, 0.5) is 0 Å². The maximum Gasteiger partial charge on any atom is 2.00 e. The first kappa shape index (κ1) is 20.4. The number of carbonyl (C=O) groups excluding carboxylic acids is 1. The Bertz CT molecular complexity index is 230. The molecule has 0 aromatic rings. The van der Waals surface area contributed by atoms with E-state index in [4.69, 9.17) is 0 Å². The van der Waals surface area contributed by atoms with E-state index in [1.165, 1.54) is 25.7 Å². The van der Waals surface area contributed by atoms with Crippen molar-refractivity contribution in [3.05, 3.63) is 13.8 Å². The fourth-order valence-corrected chi connectivity index (χ4v) is 1.61. The molecule has 3 nitrogen and oxygen atoms in total. The fraction of sp³-hybridized carbons (Fsp3) is 0.714. The Kier molecular flexibility index (Phi) is 17.1. The Morgan fingerprint density at radius 3 is 2.39 bits per heavy atom. The van der Waals surface area contributed by atoms with Gasteiger partial charge in [-0.2, -0.15) is 6.42 Å². The van der Waals surface area contributed by atoms with E-state index in [1.807, 2.05) is 0 Å². The summed E-state index contributed by atoms with van der Waals surface area (Å²) in [5, 5.41) is 2.81. The third-order valence-electron chi connectivity index (χ3n) is 2.58. The molecule has 0 saturated heterocycles. The van der Waals surface area contributed by atoms with Gasteiger partial charge in [-0.3, -0.25) is 9.79 Å². The van der Waals surface area contributed by atoms with Gasteiger partial charge >= 0.3 is 31.1 Å². The molecule has 0 saturated carbocycles. The summed E-state index contributed by atoms with van der Waals surface area (Å²) in [5.74, 6) is 0.0677. The second-order valence-electron chi connectivity index (χ2n) is 4.38. The van der Waals surface area contributed by atoms with Gasteiger partial charge in [0.2, 0.25) is 5.91 Å². The van der Waals surface area contributed by atoms with Gasteiger partial charge in [-0.25, -0.2) is 0 Å². The van der Waals surface area contributed by atoms with Gasteiger partial charge < -0.3 is 19.2 Å². The van der Waals surface area contributed by atoms with E-state index in [0.29, 0.717) is 0 Å². The molecule has 102 valence electrons. The minimum Gasteiger partial charge on any atom is -0.356 e. The van der Waals surface area contributed by atoms with Crippen molar-refractivity contribution in [2.24, 2.45) is 0 Å². The van der Waals surface area contributed by atoms with Gasteiger partial charge in [-0.1, -0.05) is 12.8 Å². The maximum absolute atomic E-state index is 10.6. The van der Waals surface area contributed by atoms with E-state index in [-0.39, 0.29) is 37.0 Å². The van der Waals surface area contributed by atoms with Crippen molar-refractivity contribution < 1.29 is 40.9 Å². The molecule has 0 heterocycles. The van der Waals surface area contributed by atoms with Crippen molar-refractivity contribution in [1.82, 2.24) is 5.32 Å². The van der Waals surface area contributed by atoms with E-state index < -0.39 is 0 Å². The minimum absolute atomic E-state index is 0. The smallest absolute Gasteiger partial charge is 0.356 e. The van der Waals surface area contributed by atoms with Gasteiger partial charge in [0.1, 0.15) is 6.54 Å². The van der Waals surface area contributed by atoms with Crippen LogP contribution in [-0.4, -0.2) is 24.7 Å². The number of unbranched alkanes of at least 4 members (excludes halogenated alkanes) is 4. The van der Waals surface area contributed by atoms with Crippen LogP contribution in [0.1, 0.15) is 51.9 Å². The molecule has 0 bridgehead atoms. The monoisotopic (exact) mass is 477 g/mol. The zero-order valence-electron chi connectivity index (χ0n) is 11.7. The molecule has 1 amide bonds. The predicted octanol–water partition coefficient (Wildman–Crippen LogP) is 1.04. The quantitative estimate of drug-likeness (QED) is 0.276. The van der Waals surface area contributed by atoms with Crippen molar-refractivity contribution in [3.8, 4) is 0 Å². The summed E-state index contributed by atoms with van der Waals surface area (Å²) in [6.07, 6.45) is 7.83. The Balaban J connectivity index is 0. The van der Waals surface area contributed by atoms with Crippen LogP contribution in [0, 0.1) is 45.0 Å². The first-order valence-corrected chi connectivity index (χ1v) is 6.62. The van der Waals surface area contributed by atoms with Crippen LogP contribution >= 0.6 is 0 Å². The van der Waals surface area contributed by atoms with E-state index in [2.05, 4.69) is 24.2 Å². The molecule has 0 unspecified atom stereocenters. The summed E-state index contributed by atoms with van der Waals surface area (Å²) >= 11 is 0. The van der Waals surface area contributed by atoms with Crippen molar-refractivity contribution in [1.29, 1.82) is 0 Å². The first-order chi connectivity index (χ1) is 8.16. The van der Waals surface area contributed by atoms with E-state index in [9.17, 15) is 4.79 Å².